The second-order valence-corrected chi connectivity index (χ2v) is 3.38. The van der Waals surface area contributed by atoms with Crippen LogP contribution < -0.4 is 0 Å². The van der Waals surface area contributed by atoms with Crippen LogP contribution in [0.2, 0.25) is 0 Å². The molecular formula is C12H16O. The molecule has 0 aliphatic rings. The maximum atomic E-state index is 9.65. The molecule has 0 heterocycles. The number of phenols is 1. The minimum absolute atomic E-state index is 0.283. The minimum Gasteiger partial charge on any atom is -0.508 e. The average molecular weight is 176 g/mol. The molecule has 0 radical (unpaired) electrons. The third kappa shape index (κ3) is 2.35. The number of aromatic hydroxyl groups is 1. The van der Waals surface area contributed by atoms with Gasteiger partial charge in [-0.15, -0.1) is 0 Å². The van der Waals surface area contributed by atoms with Gasteiger partial charge in [-0.05, 0) is 25.5 Å². The number of hydrogen-bond donors (Lipinski definition) is 1. The van der Waals surface area contributed by atoms with Gasteiger partial charge in [-0.3, -0.25) is 0 Å². The fraction of sp³-hybridized carbons (Fsp3) is 0.333. The average Bonchev–Trinajstić information content (AvgIpc) is 2.04. The molecule has 1 heteroatoms. The molecule has 1 aromatic carbocycles. The molecule has 0 bridgehead atoms. The highest BCUT2D eigenvalue weighted by Gasteiger charge is 2.06. The Balaban J connectivity index is 3.01. The first kappa shape index (κ1) is 9.85. The minimum atomic E-state index is 0.283. The summed E-state index contributed by atoms with van der Waals surface area (Å²) in [6.07, 6.45) is 4.08. The molecule has 1 aromatic rings. The fourth-order valence-corrected chi connectivity index (χ4v) is 1.43. The van der Waals surface area contributed by atoms with Crippen LogP contribution in [0.4, 0.5) is 0 Å². The Labute approximate surface area is 79.7 Å². The van der Waals surface area contributed by atoms with Crippen LogP contribution in [-0.2, 0) is 0 Å². The third-order valence-corrected chi connectivity index (χ3v) is 2.16. The van der Waals surface area contributed by atoms with E-state index in [0.29, 0.717) is 5.75 Å². The highest BCUT2D eigenvalue weighted by Crippen LogP contribution is 2.27. The maximum absolute atomic E-state index is 9.65. The lowest BCUT2D eigenvalue weighted by Crippen LogP contribution is -1.90. The van der Waals surface area contributed by atoms with Crippen LogP contribution >= 0.6 is 0 Å². The lowest BCUT2D eigenvalue weighted by molar-refractivity contribution is 0.466. The Hall–Kier alpha value is -1.24. The summed E-state index contributed by atoms with van der Waals surface area (Å²) in [5.41, 5.74) is 2.08. The lowest BCUT2D eigenvalue weighted by Gasteiger charge is -2.09. The van der Waals surface area contributed by atoms with E-state index < -0.39 is 0 Å². The van der Waals surface area contributed by atoms with Crippen molar-refractivity contribution in [2.24, 2.45) is 0 Å². The van der Waals surface area contributed by atoms with Gasteiger partial charge in [0.25, 0.3) is 0 Å². The van der Waals surface area contributed by atoms with Crippen LogP contribution in [0.5, 0.6) is 5.75 Å². The van der Waals surface area contributed by atoms with E-state index in [1.165, 1.54) is 0 Å². The third-order valence-electron chi connectivity index (χ3n) is 2.16. The molecule has 0 fully saturated rings. The molecule has 0 saturated carbocycles. The van der Waals surface area contributed by atoms with E-state index in [1.54, 1.807) is 6.07 Å². The standard InChI is InChI=1S/C12H16O/c1-4-5-10(3)11-7-6-9(2)8-12(11)13/h4-8,10,13H,1-3H3. The summed E-state index contributed by atoms with van der Waals surface area (Å²) in [6.45, 7) is 6.04. The Morgan fingerprint density at radius 1 is 1.38 bits per heavy atom. The van der Waals surface area contributed by atoms with Crippen molar-refractivity contribution in [1.29, 1.82) is 0 Å². The smallest absolute Gasteiger partial charge is 0.119 e. The molecule has 1 nitrogen and oxygen atoms in total. The van der Waals surface area contributed by atoms with Crippen LogP contribution in [0.3, 0.4) is 0 Å². The van der Waals surface area contributed by atoms with Crippen molar-refractivity contribution in [3.8, 4) is 5.75 Å². The van der Waals surface area contributed by atoms with Crippen molar-refractivity contribution in [3.05, 3.63) is 41.5 Å². The number of aryl methyl sites for hydroxylation is 1. The van der Waals surface area contributed by atoms with Gasteiger partial charge < -0.3 is 5.11 Å². The number of allylic oxidation sites excluding steroid dienone is 2. The normalized spacial score (nSPS) is 13.5. The summed E-state index contributed by atoms with van der Waals surface area (Å²) in [4.78, 5) is 0. The summed E-state index contributed by atoms with van der Waals surface area (Å²) < 4.78 is 0. The van der Waals surface area contributed by atoms with Gasteiger partial charge in [0.2, 0.25) is 0 Å². The van der Waals surface area contributed by atoms with Crippen molar-refractivity contribution < 1.29 is 5.11 Å². The van der Waals surface area contributed by atoms with Crippen molar-refractivity contribution in [3.63, 3.8) is 0 Å². The zero-order chi connectivity index (χ0) is 9.84. The van der Waals surface area contributed by atoms with Gasteiger partial charge in [-0.1, -0.05) is 31.2 Å². The van der Waals surface area contributed by atoms with Crippen molar-refractivity contribution in [2.45, 2.75) is 26.7 Å². The molecule has 0 spiro atoms. The molecule has 0 aromatic heterocycles. The van der Waals surface area contributed by atoms with Gasteiger partial charge >= 0.3 is 0 Å². The van der Waals surface area contributed by atoms with E-state index in [1.807, 2.05) is 32.1 Å². The maximum Gasteiger partial charge on any atom is 0.119 e. The van der Waals surface area contributed by atoms with Crippen LogP contribution in [0.1, 0.15) is 30.9 Å². The van der Waals surface area contributed by atoms with Gasteiger partial charge in [-0.25, -0.2) is 0 Å². The molecule has 0 amide bonds. The Bertz CT molecular complexity index is 313. The van der Waals surface area contributed by atoms with Crippen LogP contribution in [-0.4, -0.2) is 5.11 Å². The van der Waals surface area contributed by atoms with E-state index in [0.717, 1.165) is 11.1 Å². The Morgan fingerprint density at radius 2 is 2.08 bits per heavy atom. The first-order valence-corrected chi connectivity index (χ1v) is 4.57. The molecule has 0 aliphatic heterocycles. The number of phenolic OH excluding ortho intramolecular Hbond substituents is 1. The zero-order valence-corrected chi connectivity index (χ0v) is 8.41. The van der Waals surface area contributed by atoms with E-state index in [4.69, 9.17) is 0 Å². The zero-order valence-electron chi connectivity index (χ0n) is 8.41. The van der Waals surface area contributed by atoms with E-state index in [2.05, 4.69) is 13.0 Å². The molecule has 1 N–H and O–H groups in total. The van der Waals surface area contributed by atoms with Gasteiger partial charge in [0, 0.05) is 11.5 Å². The largest absolute Gasteiger partial charge is 0.508 e. The molecular weight excluding hydrogens is 160 g/mol. The van der Waals surface area contributed by atoms with E-state index in [-0.39, 0.29) is 5.92 Å². The van der Waals surface area contributed by atoms with Crippen molar-refractivity contribution in [1.82, 2.24) is 0 Å². The van der Waals surface area contributed by atoms with Gasteiger partial charge in [0.05, 0.1) is 0 Å². The highest BCUT2D eigenvalue weighted by atomic mass is 16.3. The lowest BCUT2D eigenvalue weighted by atomic mass is 9.98. The molecule has 0 aliphatic carbocycles. The van der Waals surface area contributed by atoms with Crippen LogP contribution in [0, 0.1) is 6.92 Å². The molecule has 70 valence electrons. The Morgan fingerprint density at radius 3 is 2.62 bits per heavy atom. The van der Waals surface area contributed by atoms with Crippen molar-refractivity contribution in [2.75, 3.05) is 0 Å². The quantitative estimate of drug-likeness (QED) is 0.685. The number of rotatable bonds is 2. The molecule has 1 rings (SSSR count). The fourth-order valence-electron chi connectivity index (χ4n) is 1.43. The highest BCUT2D eigenvalue weighted by molar-refractivity contribution is 5.39. The second kappa shape index (κ2) is 4.13. The molecule has 1 unspecified atom stereocenters. The first-order valence-electron chi connectivity index (χ1n) is 4.57. The predicted octanol–water partition coefficient (Wildman–Crippen LogP) is 3.38. The predicted molar refractivity (Wildman–Crippen MR) is 56.1 cm³/mol. The summed E-state index contributed by atoms with van der Waals surface area (Å²) in [5, 5.41) is 9.65. The number of benzene rings is 1. The van der Waals surface area contributed by atoms with Gasteiger partial charge in [-0.2, -0.15) is 0 Å². The van der Waals surface area contributed by atoms with E-state index >= 15 is 0 Å². The molecule has 1 atom stereocenters. The van der Waals surface area contributed by atoms with E-state index in [9.17, 15) is 5.11 Å². The molecule has 0 saturated heterocycles. The summed E-state index contributed by atoms with van der Waals surface area (Å²) in [5.74, 6) is 0.677. The molecule has 13 heavy (non-hydrogen) atoms. The van der Waals surface area contributed by atoms with Gasteiger partial charge in [0.15, 0.2) is 0 Å². The van der Waals surface area contributed by atoms with Gasteiger partial charge in [0.1, 0.15) is 5.75 Å². The van der Waals surface area contributed by atoms with Crippen LogP contribution in [0.25, 0.3) is 0 Å². The van der Waals surface area contributed by atoms with Crippen molar-refractivity contribution >= 4 is 0 Å². The summed E-state index contributed by atoms with van der Waals surface area (Å²) in [6, 6.07) is 5.81. The summed E-state index contributed by atoms with van der Waals surface area (Å²) >= 11 is 0. The summed E-state index contributed by atoms with van der Waals surface area (Å²) in [7, 11) is 0. The topological polar surface area (TPSA) is 20.2 Å². The second-order valence-electron chi connectivity index (χ2n) is 3.38. The van der Waals surface area contributed by atoms with Crippen LogP contribution in [0.15, 0.2) is 30.4 Å². The SMILES string of the molecule is CC=CC(C)c1ccc(C)cc1O. The first-order chi connectivity index (χ1) is 6.15. The number of hydrogen-bond acceptors (Lipinski definition) is 1. The Kier molecular flexibility index (Phi) is 3.13. The monoisotopic (exact) mass is 176 g/mol.